The maximum Gasteiger partial charge on any atom is 0.197 e. The third-order valence-electron chi connectivity index (χ3n) is 4.42. The minimum absolute atomic E-state index is 0.0951. The zero-order valence-electron chi connectivity index (χ0n) is 13.6. The van der Waals surface area contributed by atoms with Crippen LogP contribution in [0, 0.1) is 0 Å². The maximum absolute atomic E-state index is 12.5. The lowest BCUT2D eigenvalue weighted by Gasteiger charge is -2.09. The fraction of sp³-hybridized carbons (Fsp3) is 0.150. The normalized spacial score (nSPS) is 15.8. The monoisotopic (exact) mass is 336 g/mol. The molecule has 0 fully saturated rings. The summed E-state index contributed by atoms with van der Waals surface area (Å²) >= 11 is 0. The summed E-state index contributed by atoms with van der Waals surface area (Å²) in [5, 5.41) is 20.1. The standard InChI is InChI=1S/C20H16O5/c1-10(2)15-7-13-17(24-15)9-18-19(20(13)23)14(22)8-16(25-18)11-3-5-12(21)6-4-11/h3-6,8-9,15,21,23H,1,7H2,2H3. The summed E-state index contributed by atoms with van der Waals surface area (Å²) in [7, 11) is 0. The number of ether oxygens (including phenoxy) is 1. The molecule has 126 valence electrons. The summed E-state index contributed by atoms with van der Waals surface area (Å²) in [5.74, 6) is 0.888. The molecule has 5 heteroatoms. The van der Waals surface area contributed by atoms with Crippen molar-refractivity contribution in [1.82, 2.24) is 0 Å². The van der Waals surface area contributed by atoms with Gasteiger partial charge in [-0.05, 0) is 36.8 Å². The van der Waals surface area contributed by atoms with Crippen molar-refractivity contribution in [3.8, 4) is 28.6 Å². The molecule has 3 aromatic rings. The molecule has 2 aromatic carbocycles. The topological polar surface area (TPSA) is 79.9 Å². The van der Waals surface area contributed by atoms with Crippen LogP contribution < -0.4 is 10.2 Å². The number of aromatic hydroxyl groups is 2. The van der Waals surface area contributed by atoms with Crippen LogP contribution in [0.1, 0.15) is 12.5 Å². The molecule has 1 aromatic heterocycles. The molecule has 0 bridgehead atoms. The lowest BCUT2D eigenvalue weighted by atomic mass is 10.0. The molecule has 0 spiro atoms. The lowest BCUT2D eigenvalue weighted by Crippen LogP contribution is -2.13. The number of hydrogen-bond acceptors (Lipinski definition) is 5. The second kappa shape index (κ2) is 5.41. The summed E-state index contributed by atoms with van der Waals surface area (Å²) in [5.41, 5.74) is 2.03. The van der Waals surface area contributed by atoms with Gasteiger partial charge in [0.1, 0.15) is 40.1 Å². The summed E-state index contributed by atoms with van der Waals surface area (Å²) in [6.07, 6.45) is 0.260. The predicted octanol–water partition coefficient (Wildman–Crippen LogP) is 3.75. The van der Waals surface area contributed by atoms with E-state index in [4.69, 9.17) is 9.15 Å². The van der Waals surface area contributed by atoms with Crippen molar-refractivity contribution in [2.45, 2.75) is 19.4 Å². The third kappa shape index (κ3) is 2.45. The Bertz CT molecular complexity index is 1060. The molecule has 5 nitrogen and oxygen atoms in total. The van der Waals surface area contributed by atoms with E-state index in [0.717, 1.165) is 5.57 Å². The molecule has 1 aliphatic heterocycles. The summed E-state index contributed by atoms with van der Waals surface area (Å²) in [6, 6.07) is 9.31. The fourth-order valence-electron chi connectivity index (χ4n) is 3.05. The van der Waals surface area contributed by atoms with Gasteiger partial charge in [0.15, 0.2) is 5.43 Å². The first-order chi connectivity index (χ1) is 11.9. The van der Waals surface area contributed by atoms with Gasteiger partial charge in [0.25, 0.3) is 0 Å². The lowest BCUT2D eigenvalue weighted by molar-refractivity contribution is 0.271. The first-order valence-electron chi connectivity index (χ1n) is 7.88. The van der Waals surface area contributed by atoms with Crippen LogP contribution in [0.2, 0.25) is 0 Å². The number of rotatable bonds is 2. The molecular weight excluding hydrogens is 320 g/mol. The van der Waals surface area contributed by atoms with E-state index in [2.05, 4.69) is 6.58 Å². The highest BCUT2D eigenvalue weighted by Crippen LogP contribution is 2.42. The molecule has 25 heavy (non-hydrogen) atoms. The van der Waals surface area contributed by atoms with Crippen LogP contribution in [0.15, 0.2) is 57.8 Å². The predicted molar refractivity (Wildman–Crippen MR) is 94.2 cm³/mol. The van der Waals surface area contributed by atoms with E-state index in [1.165, 1.54) is 18.2 Å². The highest BCUT2D eigenvalue weighted by Gasteiger charge is 2.29. The van der Waals surface area contributed by atoms with Crippen molar-refractivity contribution < 1.29 is 19.4 Å². The molecule has 4 rings (SSSR count). The van der Waals surface area contributed by atoms with Crippen LogP contribution in [0.4, 0.5) is 0 Å². The Morgan fingerprint density at radius 3 is 2.60 bits per heavy atom. The molecule has 1 aliphatic rings. The number of benzene rings is 2. The number of fused-ring (bicyclic) bond motifs is 2. The molecule has 2 heterocycles. The summed E-state index contributed by atoms with van der Waals surface area (Å²) in [6.45, 7) is 5.75. The minimum Gasteiger partial charge on any atom is -0.508 e. The molecule has 0 aliphatic carbocycles. The Hall–Kier alpha value is -3.21. The number of phenols is 2. The molecule has 0 saturated heterocycles. The van der Waals surface area contributed by atoms with Crippen molar-refractivity contribution in [2.75, 3.05) is 0 Å². The highest BCUT2D eigenvalue weighted by atomic mass is 16.5. The van der Waals surface area contributed by atoms with Crippen molar-refractivity contribution in [3.63, 3.8) is 0 Å². The Morgan fingerprint density at radius 2 is 1.92 bits per heavy atom. The molecule has 1 atom stereocenters. The SMILES string of the molecule is C=C(C)C1Cc2c(cc3oc(-c4ccc(O)cc4)cc(=O)c3c2O)O1. The van der Waals surface area contributed by atoms with Crippen molar-refractivity contribution in [2.24, 2.45) is 0 Å². The number of phenolic OH excluding ortho intramolecular Hbond substituents is 2. The fourth-order valence-corrected chi connectivity index (χ4v) is 3.05. The zero-order chi connectivity index (χ0) is 17.7. The van der Waals surface area contributed by atoms with E-state index < -0.39 is 0 Å². The second-order valence-corrected chi connectivity index (χ2v) is 6.25. The van der Waals surface area contributed by atoms with Gasteiger partial charge in [-0.2, -0.15) is 0 Å². The van der Waals surface area contributed by atoms with Gasteiger partial charge < -0.3 is 19.4 Å². The third-order valence-corrected chi connectivity index (χ3v) is 4.42. The number of hydrogen-bond donors (Lipinski definition) is 2. The Kier molecular flexibility index (Phi) is 3.32. The summed E-state index contributed by atoms with van der Waals surface area (Å²) < 4.78 is 11.6. The van der Waals surface area contributed by atoms with Gasteiger partial charge in [-0.3, -0.25) is 4.79 Å². The van der Waals surface area contributed by atoms with Crippen LogP contribution in [0.25, 0.3) is 22.3 Å². The highest BCUT2D eigenvalue weighted by molar-refractivity contribution is 5.88. The Morgan fingerprint density at radius 1 is 1.20 bits per heavy atom. The van der Waals surface area contributed by atoms with Crippen LogP contribution in [0.5, 0.6) is 17.2 Å². The average Bonchev–Trinajstić information content (AvgIpc) is 3.00. The quantitative estimate of drug-likeness (QED) is 0.697. The van der Waals surface area contributed by atoms with Gasteiger partial charge in [0.2, 0.25) is 0 Å². The first kappa shape index (κ1) is 15.3. The van der Waals surface area contributed by atoms with Crippen molar-refractivity contribution in [1.29, 1.82) is 0 Å². The van der Waals surface area contributed by atoms with Crippen LogP contribution in [-0.4, -0.2) is 16.3 Å². The van der Waals surface area contributed by atoms with E-state index in [1.807, 2.05) is 6.92 Å². The van der Waals surface area contributed by atoms with E-state index in [0.29, 0.717) is 29.1 Å². The van der Waals surface area contributed by atoms with Crippen LogP contribution in [0.3, 0.4) is 0 Å². The van der Waals surface area contributed by atoms with Gasteiger partial charge >= 0.3 is 0 Å². The van der Waals surface area contributed by atoms with E-state index in [9.17, 15) is 15.0 Å². The zero-order valence-corrected chi connectivity index (χ0v) is 13.6. The van der Waals surface area contributed by atoms with Gasteiger partial charge in [-0.25, -0.2) is 0 Å². The molecule has 0 saturated carbocycles. The molecule has 2 N–H and O–H groups in total. The van der Waals surface area contributed by atoms with Crippen molar-refractivity contribution >= 4 is 11.0 Å². The Labute approximate surface area is 143 Å². The van der Waals surface area contributed by atoms with Gasteiger partial charge in [-0.1, -0.05) is 6.58 Å². The van der Waals surface area contributed by atoms with Crippen LogP contribution >= 0.6 is 0 Å². The molecule has 1 unspecified atom stereocenters. The van der Waals surface area contributed by atoms with Gasteiger partial charge in [0.05, 0.1) is 0 Å². The summed E-state index contributed by atoms with van der Waals surface area (Å²) in [4.78, 5) is 12.5. The van der Waals surface area contributed by atoms with Crippen molar-refractivity contribution in [3.05, 3.63) is 64.3 Å². The second-order valence-electron chi connectivity index (χ2n) is 6.25. The van der Waals surface area contributed by atoms with E-state index >= 15 is 0 Å². The van der Waals surface area contributed by atoms with Crippen LogP contribution in [-0.2, 0) is 6.42 Å². The van der Waals surface area contributed by atoms with Gasteiger partial charge in [-0.15, -0.1) is 0 Å². The Balaban J connectivity index is 1.91. The maximum atomic E-state index is 12.5. The average molecular weight is 336 g/mol. The smallest absolute Gasteiger partial charge is 0.197 e. The first-order valence-corrected chi connectivity index (χ1v) is 7.88. The minimum atomic E-state index is -0.330. The molecule has 0 amide bonds. The van der Waals surface area contributed by atoms with E-state index in [1.54, 1.807) is 18.2 Å². The largest absolute Gasteiger partial charge is 0.508 e. The van der Waals surface area contributed by atoms with Gasteiger partial charge in [0, 0.05) is 29.7 Å². The van der Waals surface area contributed by atoms with E-state index in [-0.39, 0.29) is 34.0 Å². The molecule has 0 radical (unpaired) electrons. The molecular formula is C20H16O5.